The minimum atomic E-state index is -2.93. The largest absolute Gasteiger partial charge is 0.394 e. The number of ether oxygens (including phenoxy) is 10. The monoisotopic (exact) mass is 1560 g/mol. The smallest absolute Gasteiger partial charge is 0.232 e. The topological polar surface area (TPSA) is 503 Å². The van der Waals surface area contributed by atoms with Crippen LogP contribution in [0.2, 0.25) is 0 Å². The molecule has 5 heterocycles. The lowest BCUT2D eigenvalue weighted by molar-refractivity contribution is -0.402. The lowest BCUT2D eigenvalue weighted by Crippen LogP contribution is -2.72. The quantitative estimate of drug-likeness (QED) is 0.0292. The van der Waals surface area contributed by atoms with Crippen molar-refractivity contribution >= 4 is 17.6 Å². The van der Waals surface area contributed by atoms with Gasteiger partial charge in [-0.15, -0.1) is 0 Å². The number of Topliss-reactive ketones (excluding diaryl/α,β-unsaturated/α-hetero) is 1. The van der Waals surface area contributed by atoms with Gasteiger partial charge in [-0.2, -0.15) is 0 Å². The van der Waals surface area contributed by atoms with E-state index in [4.69, 9.17) is 47.4 Å². The first kappa shape index (κ1) is 95.9. The van der Waals surface area contributed by atoms with E-state index in [2.05, 4.69) is 29.8 Å². The summed E-state index contributed by atoms with van der Waals surface area (Å²) in [5.41, 5.74) is 0. The molecular formula is C76H139N3O29. The number of carbonyl (C=O) groups is 3. The summed E-state index contributed by atoms with van der Waals surface area (Å²) in [5, 5.41) is 188. The van der Waals surface area contributed by atoms with E-state index in [1.165, 1.54) is 142 Å². The van der Waals surface area contributed by atoms with E-state index in [0.29, 0.717) is 6.54 Å². The van der Waals surface area contributed by atoms with Crippen LogP contribution in [0.5, 0.6) is 0 Å². The van der Waals surface area contributed by atoms with E-state index in [9.17, 15) is 96.1 Å². The Labute approximate surface area is 637 Å². The third kappa shape index (κ3) is 29.5. The van der Waals surface area contributed by atoms with Gasteiger partial charge in [-0.1, -0.05) is 200 Å². The molecule has 0 bridgehead atoms. The number of allylic oxidation sites excluding steroid dienone is 1. The molecule has 0 aromatic rings. The minimum absolute atomic E-state index is 0.272. The molecule has 0 spiro atoms. The summed E-state index contributed by atoms with van der Waals surface area (Å²) in [7, 11) is 0. The first-order valence-corrected chi connectivity index (χ1v) is 40.4. The number of nitrogens with one attached hydrogen (secondary N) is 3. The highest BCUT2D eigenvalue weighted by molar-refractivity contribution is 5.88. The summed E-state index contributed by atoms with van der Waals surface area (Å²) in [6.07, 6.45) is -11.2. The van der Waals surface area contributed by atoms with Gasteiger partial charge in [0.25, 0.3) is 0 Å². The molecule has 0 aromatic heterocycles. The zero-order valence-corrected chi connectivity index (χ0v) is 64.7. The molecule has 2 amide bonds. The standard InChI is InChI=1S/C76H139N3O29/c1-7-9-11-13-15-17-19-21-22-23-25-27-29-31-33-35-37-77-48(49(87)36-34-32-30-28-26-24-20-18-16-14-12-10-8-2)44-99-73-64(96)62(94)66(54(42-83)102-73)104-75-65(97)70(108-76(71(98)45(3)4)38-50(88)56(78-46(5)85)69(107-76)58(90)51(89)39-80)67(55(43-84)103-75)105-72-57(79-47(6)86)68(60(92)53(41-82)100-72)106-74-63(95)61(93)59(91)52(40-81)101-74/h34,36,45,48-70,72-75,77,80-84,87-97H,7-33,35,37-44H2,1-6H3,(H,78,85)(H,79,86)/b36-34+/t48-,49+,50-,51-,52?,53?,54?,55?,56-,57?,58-,59+,60+,61+,62-,63?,64?,65?,66-,67+,68-,69?,70-,72+,73-,74+,75+,76+/m1/s1. The van der Waals surface area contributed by atoms with Crippen LogP contribution in [-0.2, 0) is 61.8 Å². The summed E-state index contributed by atoms with van der Waals surface area (Å²) >= 11 is 0. The van der Waals surface area contributed by atoms with Crippen molar-refractivity contribution in [1.29, 1.82) is 0 Å². The molecule has 28 atom stereocenters. The lowest BCUT2D eigenvalue weighted by atomic mass is 9.84. The van der Waals surface area contributed by atoms with Crippen LogP contribution in [0.4, 0.5) is 0 Å². The molecule has 0 radical (unpaired) electrons. The van der Waals surface area contributed by atoms with Gasteiger partial charge in [-0.05, 0) is 25.8 Å². The highest BCUT2D eigenvalue weighted by atomic mass is 16.8. The van der Waals surface area contributed by atoms with Crippen molar-refractivity contribution in [1.82, 2.24) is 16.0 Å². The molecule has 5 aliphatic rings. The van der Waals surface area contributed by atoms with Gasteiger partial charge in [0.05, 0.1) is 63.9 Å². The van der Waals surface area contributed by atoms with Gasteiger partial charge in [0.15, 0.2) is 30.9 Å². The Hall–Kier alpha value is -2.73. The van der Waals surface area contributed by atoms with Crippen LogP contribution >= 0.6 is 0 Å². The van der Waals surface area contributed by atoms with Gasteiger partial charge < -0.3 is 145 Å². The third-order valence-electron chi connectivity index (χ3n) is 21.2. The van der Waals surface area contributed by atoms with Crippen LogP contribution in [0.25, 0.3) is 0 Å². The van der Waals surface area contributed by atoms with E-state index in [0.717, 1.165) is 65.2 Å². The SMILES string of the molecule is CCCCCCCCCCCCC/C=C/[C@H](O)[C@@H](CO[C@@H]1OC(CO)[C@@H](O[C@@H]2OC(CO)[C@H](O[C@@H]3OC(CO)[C@H](O)[C@H](O[C@@H]4OC(CO)[C@H](O)[C@H](O)C4O)C3NC(C)=O)[C@H](O[C@]3(C(=O)C(C)C)C[C@@H](O)[C@@H](NC(C)=O)C([C@H](O)[C@H](O)CO)O3)C2O)[C@H](O)C1O)NCCCCCCCCCCCCCCCCCC. The van der Waals surface area contributed by atoms with Crippen LogP contribution in [-0.4, -0.2) is 317 Å². The number of hydrogen-bond donors (Lipinski definition) is 19. The molecule has 9 unspecified atom stereocenters. The summed E-state index contributed by atoms with van der Waals surface area (Å²) in [6.45, 7) is 4.30. The van der Waals surface area contributed by atoms with Gasteiger partial charge in [0.1, 0.15) is 116 Å². The predicted molar refractivity (Wildman–Crippen MR) is 390 cm³/mol. The highest BCUT2D eigenvalue weighted by Crippen LogP contribution is 2.42. The van der Waals surface area contributed by atoms with E-state index < -0.39 is 234 Å². The van der Waals surface area contributed by atoms with Crippen LogP contribution in [0, 0.1) is 5.92 Å². The molecule has 5 saturated heterocycles. The molecule has 5 fully saturated rings. The maximum absolute atomic E-state index is 15.0. The second kappa shape index (κ2) is 51.3. The molecule has 0 aliphatic carbocycles. The zero-order chi connectivity index (χ0) is 79.5. The van der Waals surface area contributed by atoms with Crippen LogP contribution < -0.4 is 16.0 Å². The lowest BCUT2D eigenvalue weighted by Gasteiger charge is -2.53. The van der Waals surface area contributed by atoms with Crippen LogP contribution in [0.3, 0.4) is 0 Å². The number of aliphatic hydroxyl groups excluding tert-OH is 16. The molecular weight excluding hydrogens is 1420 g/mol. The summed E-state index contributed by atoms with van der Waals surface area (Å²) in [5.74, 6) is -6.79. The van der Waals surface area contributed by atoms with Crippen molar-refractivity contribution in [2.75, 3.05) is 46.2 Å². The van der Waals surface area contributed by atoms with Crippen molar-refractivity contribution < 1.29 is 143 Å². The van der Waals surface area contributed by atoms with Crippen molar-refractivity contribution in [3.8, 4) is 0 Å². The van der Waals surface area contributed by atoms with Crippen molar-refractivity contribution in [2.45, 2.75) is 399 Å². The maximum atomic E-state index is 15.0. The Balaban J connectivity index is 1.41. The first-order chi connectivity index (χ1) is 51.8. The number of carbonyl (C=O) groups excluding carboxylic acids is 3. The fourth-order valence-electron chi connectivity index (χ4n) is 14.9. The van der Waals surface area contributed by atoms with E-state index in [1.54, 1.807) is 6.08 Å². The predicted octanol–water partition coefficient (Wildman–Crippen LogP) is 0.572. The maximum Gasteiger partial charge on any atom is 0.232 e. The molecule has 108 heavy (non-hydrogen) atoms. The molecule has 632 valence electrons. The summed E-state index contributed by atoms with van der Waals surface area (Å²) in [6, 6.07) is -4.24. The second-order valence-electron chi connectivity index (χ2n) is 30.5. The summed E-state index contributed by atoms with van der Waals surface area (Å²) in [4.78, 5) is 40.8. The van der Waals surface area contributed by atoms with E-state index in [-0.39, 0.29) is 6.61 Å². The van der Waals surface area contributed by atoms with Crippen molar-refractivity contribution in [2.24, 2.45) is 5.92 Å². The number of aliphatic hydroxyl groups is 16. The molecule has 0 aromatic carbocycles. The third-order valence-corrected chi connectivity index (χ3v) is 21.2. The molecule has 5 rings (SSSR count). The Morgan fingerprint density at radius 2 is 0.917 bits per heavy atom. The van der Waals surface area contributed by atoms with Crippen molar-refractivity contribution in [3.63, 3.8) is 0 Å². The summed E-state index contributed by atoms with van der Waals surface area (Å²) < 4.78 is 61.8. The van der Waals surface area contributed by atoms with E-state index >= 15 is 0 Å². The van der Waals surface area contributed by atoms with Crippen molar-refractivity contribution in [3.05, 3.63) is 12.2 Å². The zero-order valence-electron chi connectivity index (χ0n) is 64.7. The fourth-order valence-corrected chi connectivity index (χ4v) is 14.9. The van der Waals surface area contributed by atoms with Gasteiger partial charge >= 0.3 is 0 Å². The Kier molecular flexibility index (Phi) is 45.5. The minimum Gasteiger partial charge on any atom is -0.394 e. The van der Waals surface area contributed by atoms with Crippen LogP contribution in [0.1, 0.15) is 228 Å². The number of unbranched alkanes of at least 4 members (excludes halogenated alkanes) is 26. The van der Waals surface area contributed by atoms with Gasteiger partial charge in [-0.25, -0.2) is 0 Å². The van der Waals surface area contributed by atoms with Gasteiger partial charge in [0, 0.05) is 26.2 Å². The van der Waals surface area contributed by atoms with Crippen LogP contribution in [0.15, 0.2) is 12.2 Å². The average Bonchev–Trinajstić information content (AvgIpc) is 0.749. The van der Waals surface area contributed by atoms with Gasteiger partial charge in [0.2, 0.25) is 17.6 Å². The number of hydrogen-bond acceptors (Lipinski definition) is 30. The molecule has 5 aliphatic heterocycles. The Morgan fingerprint density at radius 3 is 1.43 bits per heavy atom. The number of rotatable bonds is 54. The molecule has 0 saturated carbocycles. The second-order valence-corrected chi connectivity index (χ2v) is 30.5. The average molecular weight is 1560 g/mol. The fraction of sp³-hybridized carbons (Fsp3) is 0.934. The molecule has 32 heteroatoms. The Morgan fingerprint density at radius 1 is 0.481 bits per heavy atom. The first-order valence-electron chi connectivity index (χ1n) is 40.4. The Bertz CT molecular complexity index is 2470. The number of amides is 2. The molecule has 32 nitrogen and oxygen atoms in total. The van der Waals surface area contributed by atoms with Gasteiger partial charge in [-0.3, -0.25) is 14.4 Å². The molecule has 19 N–H and O–H groups in total. The number of ketones is 1. The highest BCUT2D eigenvalue weighted by Gasteiger charge is 2.62. The van der Waals surface area contributed by atoms with E-state index in [1.807, 2.05) is 6.08 Å². The normalized spacial score (nSPS) is 34.5.